The van der Waals surface area contributed by atoms with Gasteiger partial charge < -0.3 is 10.0 Å². The van der Waals surface area contributed by atoms with E-state index in [9.17, 15) is 0 Å². The maximum Gasteiger partial charge on any atom is 0.455 e. The van der Waals surface area contributed by atoms with Crippen LogP contribution in [0.1, 0.15) is 13.3 Å². The highest BCUT2D eigenvalue weighted by Gasteiger charge is 2.05. The first-order valence-corrected chi connectivity index (χ1v) is 2.69. The fraction of sp³-hybridized carbons (Fsp3) is 0.600. The third-order valence-corrected chi connectivity index (χ3v) is 0.971. The van der Waals surface area contributed by atoms with Crippen LogP contribution in [0.25, 0.3) is 0 Å². The Morgan fingerprint density at radius 1 is 1.62 bits per heavy atom. The van der Waals surface area contributed by atoms with Gasteiger partial charge in [0, 0.05) is 6.32 Å². The molecular formula is C5H11BO2. The molecule has 0 fully saturated rings. The van der Waals surface area contributed by atoms with Crippen molar-refractivity contribution in [3.63, 3.8) is 0 Å². The van der Waals surface area contributed by atoms with Crippen molar-refractivity contribution in [3.8, 4) is 0 Å². The fourth-order valence-electron chi connectivity index (χ4n) is 0.403. The Morgan fingerprint density at radius 2 is 2.12 bits per heavy atom. The standard InChI is InChI=1S/C5H11BO2/c1-3-5(2)4-6(7)8/h7-8H,2-4H2,1H3. The summed E-state index contributed by atoms with van der Waals surface area (Å²) in [6.45, 7) is 5.53. The topological polar surface area (TPSA) is 40.5 Å². The van der Waals surface area contributed by atoms with Crippen molar-refractivity contribution >= 4 is 7.12 Å². The van der Waals surface area contributed by atoms with E-state index in [1.165, 1.54) is 0 Å². The second-order valence-corrected chi connectivity index (χ2v) is 1.79. The predicted octanol–water partition coefficient (Wildman–Crippen LogP) is 0.425. The van der Waals surface area contributed by atoms with Gasteiger partial charge in [-0.1, -0.05) is 12.5 Å². The molecule has 0 aromatic heterocycles. The normalized spacial score (nSPS) is 8.88. The fourth-order valence-corrected chi connectivity index (χ4v) is 0.403. The van der Waals surface area contributed by atoms with Crippen molar-refractivity contribution in [1.82, 2.24) is 0 Å². The van der Waals surface area contributed by atoms with Crippen molar-refractivity contribution in [2.75, 3.05) is 0 Å². The summed E-state index contributed by atoms with van der Waals surface area (Å²) in [7, 11) is -1.22. The molecule has 0 unspecified atom stereocenters. The monoisotopic (exact) mass is 114 g/mol. The van der Waals surface area contributed by atoms with Crippen molar-refractivity contribution in [1.29, 1.82) is 0 Å². The van der Waals surface area contributed by atoms with Gasteiger partial charge in [0.1, 0.15) is 0 Å². The van der Waals surface area contributed by atoms with Crippen LogP contribution in [-0.4, -0.2) is 17.2 Å². The minimum absolute atomic E-state index is 0.302. The van der Waals surface area contributed by atoms with Gasteiger partial charge in [-0.05, 0) is 6.42 Å². The van der Waals surface area contributed by atoms with Crippen molar-refractivity contribution in [2.24, 2.45) is 0 Å². The molecule has 0 aliphatic carbocycles. The van der Waals surface area contributed by atoms with Gasteiger partial charge in [-0.15, -0.1) is 6.58 Å². The molecule has 0 spiro atoms. The quantitative estimate of drug-likeness (QED) is 0.412. The molecule has 0 aromatic rings. The zero-order valence-electron chi connectivity index (χ0n) is 5.09. The zero-order valence-corrected chi connectivity index (χ0v) is 5.09. The van der Waals surface area contributed by atoms with Crippen LogP contribution in [0.3, 0.4) is 0 Å². The molecule has 0 heterocycles. The van der Waals surface area contributed by atoms with Crippen molar-refractivity contribution in [2.45, 2.75) is 19.7 Å². The van der Waals surface area contributed by atoms with E-state index in [2.05, 4.69) is 6.58 Å². The van der Waals surface area contributed by atoms with Gasteiger partial charge in [0.15, 0.2) is 0 Å². The van der Waals surface area contributed by atoms with Crippen LogP contribution in [-0.2, 0) is 0 Å². The number of rotatable bonds is 3. The summed E-state index contributed by atoms with van der Waals surface area (Å²) < 4.78 is 0. The average Bonchev–Trinajstić information content (AvgIpc) is 1.65. The molecule has 0 rings (SSSR count). The molecule has 46 valence electrons. The largest absolute Gasteiger partial charge is 0.455 e. The number of hydrogen-bond acceptors (Lipinski definition) is 2. The first kappa shape index (κ1) is 7.72. The van der Waals surface area contributed by atoms with Crippen LogP contribution >= 0.6 is 0 Å². The Balaban J connectivity index is 3.25. The maximum atomic E-state index is 8.35. The predicted molar refractivity (Wildman–Crippen MR) is 34.4 cm³/mol. The van der Waals surface area contributed by atoms with Gasteiger partial charge >= 0.3 is 7.12 Å². The van der Waals surface area contributed by atoms with Crippen molar-refractivity contribution < 1.29 is 10.0 Å². The third-order valence-electron chi connectivity index (χ3n) is 0.971. The van der Waals surface area contributed by atoms with E-state index in [0.29, 0.717) is 6.32 Å². The van der Waals surface area contributed by atoms with Crippen LogP contribution < -0.4 is 0 Å². The summed E-state index contributed by atoms with van der Waals surface area (Å²) in [4.78, 5) is 0. The Labute approximate surface area is 50.0 Å². The van der Waals surface area contributed by atoms with E-state index in [1.54, 1.807) is 0 Å². The minimum Gasteiger partial charge on any atom is -0.427 e. The van der Waals surface area contributed by atoms with Crippen LogP contribution in [0, 0.1) is 0 Å². The second kappa shape index (κ2) is 3.69. The smallest absolute Gasteiger partial charge is 0.427 e. The van der Waals surface area contributed by atoms with Gasteiger partial charge in [0.05, 0.1) is 0 Å². The summed E-state index contributed by atoms with van der Waals surface area (Å²) in [6.07, 6.45) is 1.12. The lowest BCUT2D eigenvalue weighted by molar-refractivity contribution is 0.409. The second-order valence-electron chi connectivity index (χ2n) is 1.79. The summed E-state index contributed by atoms with van der Waals surface area (Å²) in [5.41, 5.74) is 0.875. The van der Waals surface area contributed by atoms with E-state index < -0.39 is 7.12 Å². The van der Waals surface area contributed by atoms with Crippen LogP contribution in [0.2, 0.25) is 6.32 Å². The van der Waals surface area contributed by atoms with E-state index in [0.717, 1.165) is 12.0 Å². The third kappa shape index (κ3) is 3.90. The molecule has 2 N–H and O–H groups in total. The van der Waals surface area contributed by atoms with Crippen LogP contribution in [0.15, 0.2) is 12.2 Å². The molecule has 0 atom stereocenters. The maximum absolute atomic E-state index is 8.35. The van der Waals surface area contributed by atoms with Crippen LogP contribution in [0.4, 0.5) is 0 Å². The molecule has 0 saturated heterocycles. The molecule has 0 aliphatic heterocycles. The first-order chi connectivity index (χ1) is 3.66. The van der Waals surface area contributed by atoms with E-state index in [4.69, 9.17) is 10.0 Å². The van der Waals surface area contributed by atoms with Gasteiger partial charge in [-0.25, -0.2) is 0 Å². The Morgan fingerprint density at radius 3 is 2.25 bits per heavy atom. The van der Waals surface area contributed by atoms with E-state index in [-0.39, 0.29) is 0 Å². The molecule has 0 radical (unpaired) electrons. The van der Waals surface area contributed by atoms with Gasteiger partial charge in [0.2, 0.25) is 0 Å². The lowest BCUT2D eigenvalue weighted by atomic mass is 9.81. The first-order valence-electron chi connectivity index (χ1n) is 2.69. The summed E-state index contributed by atoms with van der Waals surface area (Å²) in [5, 5.41) is 16.7. The minimum atomic E-state index is -1.22. The SMILES string of the molecule is C=C(CC)CB(O)O. The zero-order chi connectivity index (χ0) is 6.57. The molecule has 2 nitrogen and oxygen atoms in total. The molecule has 0 bridgehead atoms. The highest BCUT2D eigenvalue weighted by Crippen LogP contribution is 2.03. The Kier molecular flexibility index (Phi) is 3.57. The Hall–Kier alpha value is -0.275. The molecule has 0 aliphatic rings. The summed E-state index contributed by atoms with van der Waals surface area (Å²) in [5.74, 6) is 0. The van der Waals surface area contributed by atoms with Crippen LogP contribution in [0.5, 0.6) is 0 Å². The van der Waals surface area contributed by atoms with Gasteiger partial charge in [0.25, 0.3) is 0 Å². The molecular weight excluding hydrogens is 103 g/mol. The molecule has 8 heavy (non-hydrogen) atoms. The van der Waals surface area contributed by atoms with Crippen molar-refractivity contribution in [3.05, 3.63) is 12.2 Å². The average molecular weight is 114 g/mol. The van der Waals surface area contributed by atoms with E-state index in [1.807, 2.05) is 6.92 Å². The Bertz CT molecular complexity index is 80.5. The van der Waals surface area contributed by atoms with Gasteiger partial charge in [-0.2, -0.15) is 0 Å². The summed E-state index contributed by atoms with van der Waals surface area (Å²) >= 11 is 0. The van der Waals surface area contributed by atoms with E-state index >= 15 is 0 Å². The summed E-state index contributed by atoms with van der Waals surface area (Å²) in [6, 6.07) is 0. The highest BCUT2D eigenvalue weighted by molar-refractivity contribution is 6.41. The number of allylic oxidation sites excluding steroid dienone is 1. The lowest BCUT2D eigenvalue weighted by Gasteiger charge is -1.97. The number of hydrogen-bond donors (Lipinski definition) is 2. The lowest BCUT2D eigenvalue weighted by Crippen LogP contribution is -2.10. The molecule has 3 heteroatoms. The molecule has 0 aromatic carbocycles. The molecule has 0 saturated carbocycles. The molecule has 0 amide bonds. The van der Waals surface area contributed by atoms with Gasteiger partial charge in [-0.3, -0.25) is 0 Å². The highest BCUT2D eigenvalue weighted by atomic mass is 16.4.